The van der Waals surface area contributed by atoms with Crippen LogP contribution in [0.25, 0.3) is 0 Å². The maximum Gasteiger partial charge on any atom is 0.307 e. The Morgan fingerprint density at radius 2 is 1.81 bits per heavy atom. The molecule has 2 saturated carbocycles. The third kappa shape index (κ3) is 3.76. The number of carboxylic acids is 1. The zero-order valence-electron chi connectivity index (χ0n) is 12.8. The Labute approximate surface area is 126 Å². The third-order valence-corrected chi connectivity index (χ3v) is 5.48. The summed E-state index contributed by atoms with van der Waals surface area (Å²) in [4.78, 5) is 23.7. The maximum absolute atomic E-state index is 12.3. The molecule has 2 aliphatic carbocycles. The molecule has 2 aliphatic rings. The molecule has 0 bridgehead atoms. The SMILES string of the molecule is CCC1C[C@H](C(=O)NCC2CCCC2CO)[C@H](C(=O)O)C1. The third-order valence-electron chi connectivity index (χ3n) is 5.48. The number of aliphatic carboxylic acids is 1. The van der Waals surface area contributed by atoms with Gasteiger partial charge in [0.15, 0.2) is 0 Å². The number of rotatable bonds is 6. The van der Waals surface area contributed by atoms with Crippen molar-refractivity contribution in [3.05, 3.63) is 0 Å². The first-order valence-electron chi connectivity index (χ1n) is 8.18. The normalized spacial score (nSPS) is 35.8. The highest BCUT2D eigenvalue weighted by molar-refractivity contribution is 5.85. The second-order valence-corrected chi connectivity index (χ2v) is 6.68. The highest BCUT2D eigenvalue weighted by atomic mass is 16.4. The topological polar surface area (TPSA) is 86.6 Å². The van der Waals surface area contributed by atoms with Crippen LogP contribution < -0.4 is 5.32 Å². The minimum Gasteiger partial charge on any atom is -0.481 e. The molecule has 0 spiro atoms. The van der Waals surface area contributed by atoms with Crippen molar-refractivity contribution in [3.63, 3.8) is 0 Å². The number of aliphatic hydroxyl groups is 1. The van der Waals surface area contributed by atoms with Crippen molar-refractivity contribution in [2.45, 2.75) is 45.4 Å². The fraction of sp³-hybridized carbons (Fsp3) is 0.875. The maximum atomic E-state index is 12.3. The van der Waals surface area contributed by atoms with E-state index in [1.807, 2.05) is 6.92 Å². The number of aliphatic hydroxyl groups excluding tert-OH is 1. The largest absolute Gasteiger partial charge is 0.481 e. The van der Waals surface area contributed by atoms with Gasteiger partial charge in [0.05, 0.1) is 11.8 Å². The molecule has 2 fully saturated rings. The van der Waals surface area contributed by atoms with Crippen molar-refractivity contribution in [3.8, 4) is 0 Å². The first kappa shape index (κ1) is 16.3. The van der Waals surface area contributed by atoms with Gasteiger partial charge in [-0.15, -0.1) is 0 Å². The fourth-order valence-corrected chi connectivity index (χ4v) is 4.02. The van der Waals surface area contributed by atoms with E-state index >= 15 is 0 Å². The molecule has 2 rings (SSSR count). The van der Waals surface area contributed by atoms with Gasteiger partial charge in [-0.2, -0.15) is 0 Å². The van der Waals surface area contributed by atoms with Gasteiger partial charge in [0.25, 0.3) is 0 Å². The first-order valence-corrected chi connectivity index (χ1v) is 8.18. The van der Waals surface area contributed by atoms with Crippen LogP contribution >= 0.6 is 0 Å². The van der Waals surface area contributed by atoms with Gasteiger partial charge >= 0.3 is 5.97 Å². The lowest BCUT2D eigenvalue weighted by molar-refractivity contribution is -0.146. The van der Waals surface area contributed by atoms with E-state index in [1.54, 1.807) is 0 Å². The summed E-state index contributed by atoms with van der Waals surface area (Å²) in [7, 11) is 0. The Hall–Kier alpha value is -1.10. The molecule has 21 heavy (non-hydrogen) atoms. The van der Waals surface area contributed by atoms with Crippen LogP contribution in [-0.4, -0.2) is 35.2 Å². The number of amides is 1. The molecule has 5 heteroatoms. The quantitative estimate of drug-likeness (QED) is 0.695. The minimum absolute atomic E-state index is 0.109. The number of carboxylic acid groups (broad SMARTS) is 1. The number of carbonyl (C=O) groups is 2. The second kappa shape index (κ2) is 7.25. The van der Waals surface area contributed by atoms with Crippen molar-refractivity contribution in [1.82, 2.24) is 5.32 Å². The fourth-order valence-electron chi connectivity index (χ4n) is 4.02. The van der Waals surface area contributed by atoms with Gasteiger partial charge in [-0.05, 0) is 43.4 Å². The number of carbonyl (C=O) groups excluding carboxylic acids is 1. The van der Waals surface area contributed by atoms with E-state index in [4.69, 9.17) is 0 Å². The Morgan fingerprint density at radius 3 is 2.43 bits per heavy atom. The van der Waals surface area contributed by atoms with Crippen LogP contribution in [0.4, 0.5) is 0 Å². The number of hydrogen-bond acceptors (Lipinski definition) is 3. The van der Waals surface area contributed by atoms with Crippen LogP contribution in [0, 0.1) is 29.6 Å². The second-order valence-electron chi connectivity index (χ2n) is 6.68. The molecule has 3 N–H and O–H groups in total. The Bertz CT molecular complexity index is 384. The number of hydrogen-bond donors (Lipinski definition) is 3. The molecule has 0 aliphatic heterocycles. The Kier molecular flexibility index (Phi) is 5.62. The van der Waals surface area contributed by atoms with Gasteiger partial charge in [0.1, 0.15) is 0 Å². The predicted molar refractivity (Wildman–Crippen MR) is 78.6 cm³/mol. The Morgan fingerprint density at radius 1 is 1.14 bits per heavy atom. The average Bonchev–Trinajstić information content (AvgIpc) is 3.10. The molecular weight excluding hydrogens is 270 g/mol. The summed E-state index contributed by atoms with van der Waals surface area (Å²) in [6.07, 6.45) is 5.40. The van der Waals surface area contributed by atoms with Crippen molar-refractivity contribution in [2.75, 3.05) is 13.2 Å². The molecule has 0 saturated heterocycles. The summed E-state index contributed by atoms with van der Waals surface area (Å²) in [5.74, 6) is -0.910. The standard InChI is InChI=1S/C16H27NO4/c1-2-10-6-13(14(7-10)16(20)21)15(19)17-8-11-4-3-5-12(11)9-18/h10-14,18H,2-9H2,1H3,(H,17,19)(H,20,21)/t10?,11?,12?,13-,14+/m0/s1. The van der Waals surface area contributed by atoms with Crippen LogP contribution in [0.1, 0.15) is 45.4 Å². The zero-order chi connectivity index (χ0) is 15.4. The lowest BCUT2D eigenvalue weighted by atomic mass is 9.94. The van der Waals surface area contributed by atoms with E-state index in [1.165, 1.54) is 0 Å². The van der Waals surface area contributed by atoms with Crippen molar-refractivity contribution in [1.29, 1.82) is 0 Å². The van der Waals surface area contributed by atoms with Gasteiger partial charge in [0.2, 0.25) is 5.91 Å². The van der Waals surface area contributed by atoms with E-state index in [-0.39, 0.29) is 24.3 Å². The highest BCUT2D eigenvalue weighted by Crippen LogP contribution is 2.38. The molecule has 1 amide bonds. The van der Waals surface area contributed by atoms with Crippen LogP contribution in [0.15, 0.2) is 0 Å². The summed E-state index contributed by atoms with van der Waals surface area (Å²) in [6.45, 7) is 2.80. The highest BCUT2D eigenvalue weighted by Gasteiger charge is 2.42. The van der Waals surface area contributed by atoms with Crippen molar-refractivity contribution in [2.24, 2.45) is 29.6 Å². The van der Waals surface area contributed by atoms with E-state index in [2.05, 4.69) is 5.32 Å². The summed E-state index contributed by atoms with van der Waals surface area (Å²) in [5.41, 5.74) is 0. The minimum atomic E-state index is -0.847. The molecular formula is C16H27NO4. The lowest BCUT2D eigenvalue weighted by Crippen LogP contribution is -2.38. The van der Waals surface area contributed by atoms with Crippen LogP contribution in [-0.2, 0) is 9.59 Å². The molecule has 0 aromatic carbocycles. The molecule has 0 radical (unpaired) electrons. The van der Waals surface area contributed by atoms with Gasteiger partial charge in [-0.3, -0.25) is 9.59 Å². The van der Waals surface area contributed by atoms with E-state index < -0.39 is 11.9 Å². The summed E-state index contributed by atoms with van der Waals surface area (Å²) in [5, 5.41) is 21.5. The van der Waals surface area contributed by atoms with E-state index in [0.29, 0.717) is 31.2 Å². The smallest absolute Gasteiger partial charge is 0.307 e. The summed E-state index contributed by atoms with van der Waals surface area (Å²) < 4.78 is 0. The zero-order valence-corrected chi connectivity index (χ0v) is 12.8. The van der Waals surface area contributed by atoms with E-state index in [0.717, 1.165) is 25.7 Å². The molecule has 3 unspecified atom stereocenters. The molecule has 5 atom stereocenters. The van der Waals surface area contributed by atoms with Crippen LogP contribution in [0.3, 0.4) is 0 Å². The monoisotopic (exact) mass is 297 g/mol. The van der Waals surface area contributed by atoms with Crippen molar-refractivity contribution < 1.29 is 19.8 Å². The summed E-state index contributed by atoms with van der Waals surface area (Å²) in [6, 6.07) is 0. The molecule has 120 valence electrons. The molecule has 0 heterocycles. The van der Waals surface area contributed by atoms with E-state index in [9.17, 15) is 19.8 Å². The van der Waals surface area contributed by atoms with Gasteiger partial charge in [-0.25, -0.2) is 0 Å². The number of nitrogens with one attached hydrogen (secondary N) is 1. The molecule has 5 nitrogen and oxygen atoms in total. The van der Waals surface area contributed by atoms with Gasteiger partial charge in [-0.1, -0.05) is 19.8 Å². The predicted octanol–water partition coefficient (Wildman–Crippen LogP) is 1.65. The molecule has 0 aromatic rings. The lowest BCUT2D eigenvalue weighted by Gasteiger charge is -2.20. The van der Waals surface area contributed by atoms with Crippen LogP contribution in [0.5, 0.6) is 0 Å². The first-order chi connectivity index (χ1) is 10.1. The van der Waals surface area contributed by atoms with Gasteiger partial charge in [0, 0.05) is 13.2 Å². The average molecular weight is 297 g/mol. The summed E-state index contributed by atoms with van der Waals surface area (Å²) >= 11 is 0. The van der Waals surface area contributed by atoms with Gasteiger partial charge < -0.3 is 15.5 Å². The Balaban J connectivity index is 1.88. The van der Waals surface area contributed by atoms with Crippen LogP contribution in [0.2, 0.25) is 0 Å². The van der Waals surface area contributed by atoms with Crippen molar-refractivity contribution >= 4 is 11.9 Å². The molecule has 0 aromatic heterocycles.